The first kappa shape index (κ1) is 19.2. The molecule has 2 aliphatic rings. The number of hydrogen-bond acceptors (Lipinski definition) is 6. The van der Waals surface area contributed by atoms with E-state index in [1.54, 1.807) is 0 Å². The molecule has 0 bridgehead atoms. The van der Waals surface area contributed by atoms with Crippen LogP contribution in [0.2, 0.25) is 5.02 Å². The van der Waals surface area contributed by atoms with Crippen molar-refractivity contribution in [1.82, 2.24) is 19.7 Å². The van der Waals surface area contributed by atoms with Crippen LogP contribution in [0.3, 0.4) is 0 Å². The average molecular weight is 416 g/mol. The van der Waals surface area contributed by atoms with Crippen LogP contribution in [-0.2, 0) is 10.9 Å². The molecule has 0 N–H and O–H groups in total. The molecule has 7 nitrogen and oxygen atoms in total. The minimum Gasteiger partial charge on any atom is -0.373 e. The summed E-state index contributed by atoms with van der Waals surface area (Å²) in [5.74, 6) is -0.0374. The predicted octanol–water partition coefficient (Wildman–Crippen LogP) is 1.82. The number of nitrogens with zero attached hydrogens (tertiary/aromatic N) is 5. The van der Waals surface area contributed by atoms with Crippen LogP contribution in [0.15, 0.2) is 29.3 Å². The molecule has 150 valence electrons. The van der Waals surface area contributed by atoms with Crippen molar-refractivity contribution in [2.24, 2.45) is 0 Å². The fourth-order valence-electron chi connectivity index (χ4n) is 3.54. The Labute approximate surface area is 163 Å². The lowest BCUT2D eigenvalue weighted by atomic mass is 10.1. The van der Waals surface area contributed by atoms with E-state index in [2.05, 4.69) is 15.0 Å². The third-order valence-electron chi connectivity index (χ3n) is 5.11. The summed E-state index contributed by atoms with van der Waals surface area (Å²) in [7, 11) is 2.03. The van der Waals surface area contributed by atoms with Gasteiger partial charge in [-0.15, -0.1) is 0 Å². The maximum Gasteiger partial charge on any atom is 0.417 e. The second kappa shape index (κ2) is 7.02. The van der Waals surface area contributed by atoms with E-state index in [1.807, 2.05) is 11.9 Å². The summed E-state index contributed by atoms with van der Waals surface area (Å²) in [6.45, 7) is 2.71. The van der Waals surface area contributed by atoms with E-state index in [1.165, 1.54) is 6.20 Å². The fourth-order valence-corrected chi connectivity index (χ4v) is 3.79. The fraction of sp³-hybridized carbons (Fsp3) is 0.471. The van der Waals surface area contributed by atoms with Crippen LogP contribution in [0.25, 0.3) is 5.82 Å². The van der Waals surface area contributed by atoms with Crippen LogP contribution in [-0.4, -0.2) is 65.1 Å². The molecule has 2 unspecified atom stereocenters. The van der Waals surface area contributed by atoms with E-state index in [9.17, 15) is 18.0 Å². The number of pyridine rings is 1. The number of rotatable bonds is 2. The molecule has 0 amide bonds. The number of halogens is 4. The smallest absolute Gasteiger partial charge is 0.373 e. The van der Waals surface area contributed by atoms with E-state index in [0.29, 0.717) is 31.6 Å². The lowest BCUT2D eigenvalue weighted by Crippen LogP contribution is -2.48. The van der Waals surface area contributed by atoms with Crippen LogP contribution >= 0.6 is 11.6 Å². The molecule has 2 aromatic rings. The molecule has 2 aliphatic heterocycles. The molecule has 2 atom stereocenters. The Hall–Kier alpha value is -2.17. The van der Waals surface area contributed by atoms with Crippen LogP contribution < -0.4 is 10.5 Å². The number of aromatic nitrogens is 3. The highest BCUT2D eigenvalue weighted by atomic mass is 35.5. The monoisotopic (exact) mass is 415 g/mol. The molecule has 4 rings (SSSR count). The van der Waals surface area contributed by atoms with Gasteiger partial charge < -0.3 is 9.64 Å². The molecule has 11 heteroatoms. The minimum absolute atomic E-state index is 0.0221. The van der Waals surface area contributed by atoms with Gasteiger partial charge in [-0.05, 0) is 19.2 Å². The third kappa shape index (κ3) is 3.36. The third-order valence-corrected chi connectivity index (χ3v) is 5.47. The van der Waals surface area contributed by atoms with Gasteiger partial charge in [0.1, 0.15) is 5.02 Å². The van der Waals surface area contributed by atoms with Crippen molar-refractivity contribution in [2.45, 2.75) is 18.3 Å². The molecule has 0 saturated carbocycles. The van der Waals surface area contributed by atoms with Gasteiger partial charge in [0.15, 0.2) is 5.82 Å². The zero-order chi connectivity index (χ0) is 20.1. The zero-order valence-electron chi connectivity index (χ0n) is 14.9. The zero-order valence-corrected chi connectivity index (χ0v) is 15.6. The number of likely N-dealkylation sites (N-methyl/N-ethyl adjacent to an activating group) is 1. The van der Waals surface area contributed by atoms with Crippen molar-refractivity contribution >= 4 is 17.3 Å². The highest BCUT2D eigenvalue weighted by Crippen LogP contribution is 2.30. The first-order chi connectivity index (χ1) is 13.3. The van der Waals surface area contributed by atoms with E-state index >= 15 is 0 Å². The molecular formula is C17H17ClF3N5O2. The minimum atomic E-state index is -4.51. The number of morpholine rings is 1. The number of fused-ring (bicyclic) bond motifs is 1. The van der Waals surface area contributed by atoms with Gasteiger partial charge in [-0.1, -0.05) is 11.6 Å². The molecule has 0 spiro atoms. The van der Waals surface area contributed by atoms with Crippen LogP contribution in [0, 0.1) is 0 Å². The van der Waals surface area contributed by atoms with E-state index in [-0.39, 0.29) is 23.0 Å². The lowest BCUT2D eigenvalue weighted by Gasteiger charge is -2.33. The molecule has 0 aliphatic carbocycles. The second-order valence-electron chi connectivity index (χ2n) is 6.83. The van der Waals surface area contributed by atoms with Crippen molar-refractivity contribution < 1.29 is 17.9 Å². The highest BCUT2D eigenvalue weighted by Gasteiger charge is 2.39. The van der Waals surface area contributed by atoms with Gasteiger partial charge in [0.2, 0.25) is 0 Å². The largest absolute Gasteiger partial charge is 0.417 e. The Bertz CT molecular complexity index is 934. The summed E-state index contributed by atoms with van der Waals surface area (Å²) < 4.78 is 44.7. The number of hydrogen-bond donors (Lipinski definition) is 0. The van der Waals surface area contributed by atoms with Crippen molar-refractivity contribution in [3.05, 3.63) is 45.5 Å². The summed E-state index contributed by atoms with van der Waals surface area (Å²) in [6, 6.07) is 2.13. The number of ether oxygens (including phenoxy) is 1. The van der Waals surface area contributed by atoms with Crippen LogP contribution in [0.4, 0.5) is 18.9 Å². The molecule has 2 aromatic heterocycles. The maximum atomic E-state index is 12.7. The molecule has 2 saturated heterocycles. The maximum absolute atomic E-state index is 12.7. The summed E-state index contributed by atoms with van der Waals surface area (Å²) in [5.41, 5.74) is -1.08. The Morgan fingerprint density at radius 3 is 2.68 bits per heavy atom. The molecule has 2 fully saturated rings. The molecule has 0 radical (unpaired) electrons. The highest BCUT2D eigenvalue weighted by molar-refractivity contribution is 6.33. The summed E-state index contributed by atoms with van der Waals surface area (Å²) in [4.78, 5) is 20.5. The van der Waals surface area contributed by atoms with Gasteiger partial charge in [-0.2, -0.15) is 23.0 Å². The standard InChI is InChI=1S/C17H17ClF3N5O2/c1-24-4-5-28-13-9-25(8-12(13)24)11-7-23-26(16(27)15(11)18)14-3-2-10(6-22-14)17(19,20)21/h2-3,6-7,12-13H,4-5,8-9H2,1H3. The van der Waals surface area contributed by atoms with Gasteiger partial charge >= 0.3 is 6.18 Å². The van der Waals surface area contributed by atoms with Gasteiger partial charge in [-0.25, -0.2) is 4.98 Å². The second-order valence-corrected chi connectivity index (χ2v) is 7.20. The normalized spacial score (nSPS) is 23.1. The van der Waals surface area contributed by atoms with Gasteiger partial charge in [0.25, 0.3) is 5.56 Å². The van der Waals surface area contributed by atoms with Crippen molar-refractivity contribution in [3.8, 4) is 5.82 Å². The van der Waals surface area contributed by atoms with Crippen molar-refractivity contribution in [3.63, 3.8) is 0 Å². The van der Waals surface area contributed by atoms with Crippen LogP contribution in [0.1, 0.15) is 5.56 Å². The van der Waals surface area contributed by atoms with Gasteiger partial charge in [0.05, 0.1) is 36.2 Å². The van der Waals surface area contributed by atoms with Crippen molar-refractivity contribution in [1.29, 1.82) is 0 Å². The summed E-state index contributed by atoms with van der Waals surface area (Å²) in [6.07, 6.45) is -2.40. The van der Waals surface area contributed by atoms with E-state index in [4.69, 9.17) is 16.3 Å². The quantitative estimate of drug-likeness (QED) is 0.745. The topological polar surface area (TPSA) is 63.5 Å². The predicted molar refractivity (Wildman–Crippen MR) is 96.0 cm³/mol. The first-order valence-electron chi connectivity index (χ1n) is 8.64. The Morgan fingerprint density at radius 1 is 1.25 bits per heavy atom. The lowest BCUT2D eigenvalue weighted by molar-refractivity contribution is -0.137. The van der Waals surface area contributed by atoms with E-state index in [0.717, 1.165) is 23.4 Å². The molecule has 4 heterocycles. The number of alkyl halides is 3. The summed E-state index contributed by atoms with van der Waals surface area (Å²) in [5, 5.41) is 4.00. The number of anilines is 1. The Balaban J connectivity index is 1.62. The Morgan fingerprint density at radius 2 is 2.04 bits per heavy atom. The molecular weight excluding hydrogens is 399 g/mol. The molecule has 0 aromatic carbocycles. The van der Waals surface area contributed by atoms with Crippen molar-refractivity contribution in [2.75, 3.05) is 38.2 Å². The van der Waals surface area contributed by atoms with Crippen LogP contribution in [0.5, 0.6) is 0 Å². The van der Waals surface area contributed by atoms with Gasteiger partial charge in [0, 0.05) is 25.8 Å². The van der Waals surface area contributed by atoms with E-state index < -0.39 is 17.3 Å². The first-order valence-corrected chi connectivity index (χ1v) is 9.02. The Kier molecular flexibility index (Phi) is 4.80. The van der Waals surface area contributed by atoms with Gasteiger partial charge in [-0.3, -0.25) is 9.69 Å². The summed E-state index contributed by atoms with van der Waals surface area (Å²) >= 11 is 6.29. The molecule has 28 heavy (non-hydrogen) atoms. The average Bonchev–Trinajstić information content (AvgIpc) is 3.09. The SMILES string of the molecule is CN1CCOC2CN(c3cnn(-c4ccc(C(F)(F)F)cn4)c(=O)c3Cl)CC21.